The van der Waals surface area contributed by atoms with Gasteiger partial charge in [0.2, 0.25) is 47.3 Å². The van der Waals surface area contributed by atoms with Crippen molar-refractivity contribution in [3.63, 3.8) is 0 Å². The van der Waals surface area contributed by atoms with Gasteiger partial charge in [-0.2, -0.15) is 24.4 Å². The lowest BCUT2D eigenvalue weighted by Gasteiger charge is -2.30. The van der Waals surface area contributed by atoms with Crippen molar-refractivity contribution in [3.8, 4) is 0 Å². The highest BCUT2D eigenvalue weighted by atomic mass is 32.2. The van der Waals surface area contributed by atoms with Gasteiger partial charge < -0.3 is 69.1 Å². The quantitative estimate of drug-likeness (QED) is 0.0173. The number of thioether (sulfide) groups is 1. The van der Waals surface area contributed by atoms with Crippen LogP contribution in [0.5, 0.6) is 0 Å². The van der Waals surface area contributed by atoms with Crippen LogP contribution in [0.2, 0.25) is 0 Å². The van der Waals surface area contributed by atoms with E-state index in [4.69, 9.17) is 16.9 Å². The number of carbonyl (C=O) groups is 9. The highest BCUT2D eigenvalue weighted by Crippen LogP contribution is 2.20. The molecule has 1 heterocycles. The fourth-order valence-corrected chi connectivity index (χ4v) is 8.21. The number of amides is 8. The Hall–Kier alpha value is -5.66. The zero-order valence-electron chi connectivity index (χ0n) is 41.6. The smallest absolute Gasteiger partial charge is 0.326 e. The Labute approximate surface area is 425 Å². The number of aliphatic carboxylic acids is 1. The molecule has 1 saturated heterocycles. The highest BCUT2D eigenvalue weighted by Gasteiger charge is 2.40. The van der Waals surface area contributed by atoms with Crippen LogP contribution in [-0.4, -0.2) is 166 Å². The number of carboxylic acids is 1. The van der Waals surface area contributed by atoms with Gasteiger partial charge in [0, 0.05) is 25.3 Å². The van der Waals surface area contributed by atoms with Gasteiger partial charge in [0.1, 0.15) is 48.3 Å². The number of carbonyl (C=O) groups excluding carboxylic acids is 8. The van der Waals surface area contributed by atoms with E-state index >= 15 is 0 Å². The largest absolute Gasteiger partial charge is 0.480 e. The van der Waals surface area contributed by atoms with Gasteiger partial charge >= 0.3 is 5.97 Å². The van der Waals surface area contributed by atoms with Gasteiger partial charge in [-0.3, -0.25) is 43.8 Å². The molecule has 8 amide bonds. The third-order valence-corrected chi connectivity index (χ3v) is 12.6. The van der Waals surface area contributed by atoms with E-state index in [1.54, 1.807) is 58.0 Å². The Morgan fingerprint density at radius 1 is 0.775 bits per heavy atom. The minimum absolute atomic E-state index is 0.0438. The predicted molar refractivity (Wildman–Crippen MR) is 272 cm³/mol. The number of hydrogen-bond acceptors (Lipinski definition) is 14. The van der Waals surface area contributed by atoms with Gasteiger partial charge in [0.05, 0.1) is 12.1 Å². The van der Waals surface area contributed by atoms with E-state index in [2.05, 4.69) is 55.2 Å². The Kier molecular flexibility index (Phi) is 26.8. The standard InChI is InChI=1S/C46H76N12O11S2/c1-24(2)21-32(45(68)69)55-39(62)31(22-28-13-9-8-10-14-28)54-40(63)33(23-70)56-43(66)36(27(6)59)57-38(61)29(15-11-18-50-46(48)49)52-41(64)34-16-12-19-58(34)44(67)26(5)51-37(60)30(17-20-71-7)53-42(65)35(47)25(3)4/h8-10,13-14,24-27,29-36,59,70H,11-12,15-23,47H2,1-7H3,(H,51,60)(H,52,64)(H,53,65)(H,54,63)(H,55,62)(H,56,66)(H,57,61)(H,68,69)(H4,48,49,50)/t26-,27+,29-,30-,31-,32-,33-,34-,35-,36-/m0/s1. The number of guanidine groups is 1. The maximum Gasteiger partial charge on any atom is 0.326 e. The molecule has 23 nitrogen and oxygen atoms in total. The number of carboxylic acid groups (broad SMARTS) is 1. The lowest BCUT2D eigenvalue weighted by molar-refractivity contribution is -0.142. The third kappa shape index (κ3) is 20.9. The van der Waals surface area contributed by atoms with Crippen LogP contribution in [0.4, 0.5) is 0 Å². The van der Waals surface area contributed by atoms with Gasteiger partial charge in [-0.05, 0) is 81.8 Å². The molecular weight excluding hydrogens is 961 g/mol. The molecule has 398 valence electrons. The summed E-state index contributed by atoms with van der Waals surface area (Å²) in [5.74, 6) is -7.72. The molecule has 0 saturated carbocycles. The first kappa shape index (κ1) is 61.5. The average molecular weight is 1040 g/mol. The molecule has 25 heteroatoms. The second-order valence-electron chi connectivity index (χ2n) is 18.3. The molecule has 15 N–H and O–H groups in total. The van der Waals surface area contributed by atoms with Crippen molar-refractivity contribution in [1.29, 1.82) is 5.41 Å². The molecule has 1 aliphatic rings. The molecule has 1 aliphatic heterocycles. The van der Waals surface area contributed by atoms with Crippen LogP contribution in [0, 0.1) is 17.2 Å². The zero-order valence-corrected chi connectivity index (χ0v) is 43.3. The molecule has 0 aromatic heterocycles. The minimum Gasteiger partial charge on any atom is -0.480 e. The summed E-state index contributed by atoms with van der Waals surface area (Å²) < 4.78 is 0. The Bertz CT molecular complexity index is 1980. The summed E-state index contributed by atoms with van der Waals surface area (Å²) in [4.78, 5) is 122. The molecule has 0 aliphatic carbocycles. The van der Waals surface area contributed by atoms with Crippen molar-refractivity contribution in [3.05, 3.63) is 35.9 Å². The second-order valence-corrected chi connectivity index (χ2v) is 19.7. The van der Waals surface area contributed by atoms with Crippen molar-refractivity contribution < 1.29 is 53.4 Å². The summed E-state index contributed by atoms with van der Waals surface area (Å²) >= 11 is 5.70. The van der Waals surface area contributed by atoms with Crippen LogP contribution >= 0.6 is 24.4 Å². The van der Waals surface area contributed by atoms with Crippen molar-refractivity contribution in [2.45, 2.75) is 147 Å². The second kappa shape index (κ2) is 30.9. The van der Waals surface area contributed by atoms with Crippen LogP contribution < -0.4 is 54.0 Å². The molecule has 0 radical (unpaired) electrons. The number of nitrogens with zero attached hydrogens (tertiary/aromatic N) is 1. The number of hydrogen-bond donors (Lipinski definition) is 14. The molecule has 1 fully saturated rings. The van der Waals surface area contributed by atoms with E-state index in [1.807, 2.05) is 6.26 Å². The minimum atomic E-state index is -1.71. The Morgan fingerprint density at radius 3 is 1.90 bits per heavy atom. The number of nitrogens with two attached hydrogens (primary N) is 2. The summed E-state index contributed by atoms with van der Waals surface area (Å²) in [6.45, 7) is 10.0. The van der Waals surface area contributed by atoms with E-state index < -0.39 is 114 Å². The van der Waals surface area contributed by atoms with E-state index in [9.17, 15) is 53.4 Å². The van der Waals surface area contributed by atoms with Gasteiger partial charge in [0.15, 0.2) is 5.96 Å². The molecule has 0 bridgehead atoms. The van der Waals surface area contributed by atoms with Crippen molar-refractivity contribution in [2.75, 3.05) is 30.9 Å². The fraction of sp³-hybridized carbons (Fsp3) is 0.652. The van der Waals surface area contributed by atoms with Crippen molar-refractivity contribution >= 4 is 83.6 Å². The summed E-state index contributed by atoms with van der Waals surface area (Å²) in [6.07, 6.45) is 1.32. The van der Waals surface area contributed by atoms with Crippen LogP contribution in [0.1, 0.15) is 85.6 Å². The third-order valence-electron chi connectivity index (χ3n) is 11.6. The van der Waals surface area contributed by atoms with Gasteiger partial charge in [-0.1, -0.05) is 58.0 Å². The Morgan fingerprint density at radius 2 is 1.34 bits per heavy atom. The molecule has 0 spiro atoms. The number of aliphatic hydroxyl groups excluding tert-OH is 1. The van der Waals surface area contributed by atoms with Crippen LogP contribution in [0.3, 0.4) is 0 Å². The topological polar surface area (TPSA) is 369 Å². The van der Waals surface area contributed by atoms with Crippen LogP contribution in [-0.2, 0) is 49.6 Å². The lowest BCUT2D eigenvalue weighted by atomic mass is 10.0. The van der Waals surface area contributed by atoms with Gasteiger partial charge in [0.25, 0.3) is 0 Å². The van der Waals surface area contributed by atoms with E-state index in [0.717, 1.165) is 0 Å². The molecule has 71 heavy (non-hydrogen) atoms. The summed E-state index contributed by atoms with van der Waals surface area (Å²) in [6, 6.07) is -2.47. The summed E-state index contributed by atoms with van der Waals surface area (Å²) in [5.41, 5.74) is 12.1. The first-order valence-corrected chi connectivity index (χ1v) is 25.8. The Balaban J connectivity index is 2.28. The summed E-state index contributed by atoms with van der Waals surface area (Å²) in [7, 11) is 0. The molecule has 10 atom stereocenters. The van der Waals surface area contributed by atoms with Crippen molar-refractivity contribution in [1.82, 2.24) is 47.4 Å². The number of thiol groups is 1. The van der Waals surface area contributed by atoms with Gasteiger partial charge in [-0.25, -0.2) is 4.79 Å². The van der Waals surface area contributed by atoms with Crippen molar-refractivity contribution in [2.24, 2.45) is 23.3 Å². The predicted octanol–water partition coefficient (Wildman–Crippen LogP) is -1.93. The van der Waals surface area contributed by atoms with Gasteiger partial charge in [-0.15, -0.1) is 0 Å². The monoisotopic (exact) mass is 1040 g/mol. The van der Waals surface area contributed by atoms with E-state index in [-0.39, 0.29) is 75.2 Å². The normalized spacial score (nSPS) is 17.2. The number of aliphatic hydroxyl groups is 1. The molecule has 0 unspecified atom stereocenters. The maximum atomic E-state index is 14.0. The SMILES string of the molecule is CSCC[C@H](NC(=O)[C@@H](N)C(C)C)C(=O)N[C@@H](C)C(=O)N1CCC[C@H]1C(=O)N[C@@H](CCCNC(=N)N)C(=O)N[C@H](C(=O)N[C@@H](CS)C(=O)N[C@@H](Cc1ccccc1)C(=O)N[C@@H](CC(C)C)C(=O)O)[C@@H](C)O. The first-order valence-electron chi connectivity index (χ1n) is 23.7. The zero-order chi connectivity index (χ0) is 53.5. The molecule has 1 aromatic carbocycles. The summed E-state index contributed by atoms with van der Waals surface area (Å²) in [5, 5.41) is 48.6. The molecular formula is C46H76N12O11S2. The molecule has 1 aromatic rings. The van der Waals surface area contributed by atoms with E-state index in [1.165, 1.54) is 30.5 Å². The maximum absolute atomic E-state index is 14.0. The number of rotatable bonds is 30. The van der Waals surface area contributed by atoms with E-state index in [0.29, 0.717) is 17.7 Å². The number of nitrogens with one attached hydrogen (secondary N) is 9. The van der Waals surface area contributed by atoms with Crippen LogP contribution in [0.15, 0.2) is 30.3 Å². The first-order chi connectivity index (χ1) is 33.4. The lowest BCUT2D eigenvalue weighted by Crippen LogP contribution is -2.62. The average Bonchev–Trinajstić information content (AvgIpc) is 3.81. The number of benzene rings is 1. The fourth-order valence-electron chi connectivity index (χ4n) is 7.48. The number of likely N-dealkylation sites (tertiary alicyclic amines) is 1. The molecule has 2 rings (SSSR count). The van der Waals surface area contributed by atoms with Crippen LogP contribution in [0.25, 0.3) is 0 Å². The highest BCUT2D eigenvalue weighted by molar-refractivity contribution is 7.98.